The van der Waals surface area contributed by atoms with E-state index in [9.17, 15) is 0 Å². The van der Waals surface area contributed by atoms with Crippen LogP contribution in [0.5, 0.6) is 0 Å². The molecular formula is C18H20N2. The van der Waals surface area contributed by atoms with Gasteiger partial charge in [0.25, 0.3) is 0 Å². The maximum atomic E-state index is 6.59. The van der Waals surface area contributed by atoms with E-state index in [1.54, 1.807) is 0 Å². The van der Waals surface area contributed by atoms with Gasteiger partial charge in [-0.3, -0.25) is 0 Å². The van der Waals surface area contributed by atoms with Crippen LogP contribution in [-0.2, 0) is 12.8 Å². The Kier molecular flexibility index (Phi) is 3.33. The molecule has 2 heteroatoms. The fourth-order valence-electron chi connectivity index (χ4n) is 2.83. The largest absolute Gasteiger partial charge is 0.399 e. The molecule has 3 rings (SSSR count). The third-order valence-electron chi connectivity index (χ3n) is 4.00. The van der Waals surface area contributed by atoms with Crippen LogP contribution in [0.25, 0.3) is 6.08 Å². The van der Waals surface area contributed by atoms with E-state index in [0.717, 1.165) is 24.9 Å². The van der Waals surface area contributed by atoms with Crippen molar-refractivity contribution in [2.75, 3.05) is 5.73 Å². The average Bonchev–Trinajstić information content (AvgIpc) is 2.60. The van der Waals surface area contributed by atoms with Crippen molar-refractivity contribution in [2.24, 2.45) is 5.73 Å². The third-order valence-corrected chi connectivity index (χ3v) is 4.00. The highest BCUT2D eigenvalue weighted by molar-refractivity contribution is 5.61. The van der Waals surface area contributed by atoms with Gasteiger partial charge in [-0.15, -0.1) is 0 Å². The zero-order valence-electron chi connectivity index (χ0n) is 11.5. The van der Waals surface area contributed by atoms with E-state index in [0.29, 0.717) is 0 Å². The lowest BCUT2D eigenvalue weighted by Gasteiger charge is -2.25. The zero-order chi connectivity index (χ0) is 14.0. The quantitative estimate of drug-likeness (QED) is 0.819. The molecule has 1 atom stereocenters. The summed E-state index contributed by atoms with van der Waals surface area (Å²) in [6, 6.07) is 16.5. The average molecular weight is 264 g/mol. The van der Waals surface area contributed by atoms with Crippen molar-refractivity contribution in [1.29, 1.82) is 0 Å². The van der Waals surface area contributed by atoms with Gasteiger partial charge in [-0.05, 0) is 48.1 Å². The summed E-state index contributed by atoms with van der Waals surface area (Å²) in [4.78, 5) is 0. The van der Waals surface area contributed by atoms with Crippen molar-refractivity contribution in [3.05, 3.63) is 71.3 Å². The van der Waals surface area contributed by atoms with Crippen molar-refractivity contribution in [3.63, 3.8) is 0 Å². The standard InChI is InChI=1S/C18H20N2/c19-17-7-6-15-8-10-18(20,11-9-16(15)12-17)13-14-4-2-1-3-5-14/h1-7,9,11-12H,8,10,13,19-20H2. The van der Waals surface area contributed by atoms with Gasteiger partial charge in [0.05, 0.1) is 0 Å². The molecule has 20 heavy (non-hydrogen) atoms. The number of nitrogen functional groups attached to an aromatic ring is 1. The fourth-order valence-corrected chi connectivity index (χ4v) is 2.83. The van der Waals surface area contributed by atoms with Crippen LogP contribution in [0.2, 0.25) is 0 Å². The molecule has 0 heterocycles. The fraction of sp³-hybridized carbons (Fsp3) is 0.222. The van der Waals surface area contributed by atoms with Crippen molar-refractivity contribution >= 4 is 11.8 Å². The van der Waals surface area contributed by atoms with E-state index in [1.807, 2.05) is 18.2 Å². The summed E-state index contributed by atoms with van der Waals surface area (Å²) >= 11 is 0. The topological polar surface area (TPSA) is 52.0 Å². The minimum Gasteiger partial charge on any atom is -0.399 e. The lowest BCUT2D eigenvalue weighted by Crippen LogP contribution is -2.40. The lowest BCUT2D eigenvalue weighted by molar-refractivity contribution is 0.488. The number of fused-ring (bicyclic) bond motifs is 1. The SMILES string of the molecule is Nc1ccc2c(c1)C=CC(N)(Cc1ccccc1)CC2. The van der Waals surface area contributed by atoms with Gasteiger partial charge >= 0.3 is 0 Å². The van der Waals surface area contributed by atoms with E-state index < -0.39 is 0 Å². The van der Waals surface area contributed by atoms with E-state index in [-0.39, 0.29) is 5.54 Å². The summed E-state index contributed by atoms with van der Waals surface area (Å²) in [6.45, 7) is 0. The maximum Gasteiger partial charge on any atom is 0.0386 e. The summed E-state index contributed by atoms with van der Waals surface area (Å²) in [7, 11) is 0. The van der Waals surface area contributed by atoms with Gasteiger partial charge in [0.2, 0.25) is 0 Å². The predicted octanol–water partition coefficient (Wildman–Crippen LogP) is 3.17. The Balaban J connectivity index is 1.85. The number of rotatable bonds is 2. The summed E-state index contributed by atoms with van der Waals surface area (Å²) in [5.74, 6) is 0. The molecule has 4 N–H and O–H groups in total. The summed E-state index contributed by atoms with van der Waals surface area (Å²) in [6.07, 6.45) is 7.09. The van der Waals surface area contributed by atoms with Gasteiger partial charge in [-0.1, -0.05) is 48.6 Å². The molecule has 2 aromatic rings. The Labute approximate surface area is 120 Å². The van der Waals surface area contributed by atoms with E-state index >= 15 is 0 Å². The van der Waals surface area contributed by atoms with Crippen LogP contribution in [0.1, 0.15) is 23.1 Å². The van der Waals surface area contributed by atoms with Crippen LogP contribution >= 0.6 is 0 Å². The van der Waals surface area contributed by atoms with Crippen molar-refractivity contribution in [2.45, 2.75) is 24.8 Å². The number of anilines is 1. The van der Waals surface area contributed by atoms with Crippen molar-refractivity contribution in [3.8, 4) is 0 Å². The Bertz CT molecular complexity index is 631. The van der Waals surface area contributed by atoms with Gasteiger partial charge in [-0.2, -0.15) is 0 Å². The van der Waals surface area contributed by atoms with Crippen LogP contribution in [0, 0.1) is 0 Å². The van der Waals surface area contributed by atoms with Gasteiger partial charge in [0.1, 0.15) is 0 Å². The lowest BCUT2D eigenvalue weighted by atomic mass is 9.87. The number of nitrogens with two attached hydrogens (primary N) is 2. The molecule has 0 fully saturated rings. The number of hydrogen-bond acceptors (Lipinski definition) is 2. The molecule has 0 spiro atoms. The van der Waals surface area contributed by atoms with Crippen molar-refractivity contribution in [1.82, 2.24) is 0 Å². The predicted molar refractivity (Wildman–Crippen MR) is 85.3 cm³/mol. The molecule has 0 saturated heterocycles. The van der Waals surface area contributed by atoms with Crippen LogP contribution < -0.4 is 11.5 Å². The molecule has 102 valence electrons. The van der Waals surface area contributed by atoms with Gasteiger partial charge < -0.3 is 11.5 Å². The molecule has 2 nitrogen and oxygen atoms in total. The number of aryl methyl sites for hydroxylation is 1. The highest BCUT2D eigenvalue weighted by Crippen LogP contribution is 2.27. The first-order valence-corrected chi connectivity index (χ1v) is 7.05. The van der Waals surface area contributed by atoms with E-state index in [4.69, 9.17) is 11.5 Å². The third kappa shape index (κ3) is 2.75. The molecule has 0 bridgehead atoms. The highest BCUT2D eigenvalue weighted by atomic mass is 14.7. The Hall–Kier alpha value is -2.06. The summed E-state index contributed by atoms with van der Waals surface area (Å²) in [5, 5.41) is 0. The zero-order valence-corrected chi connectivity index (χ0v) is 11.5. The molecule has 1 aliphatic carbocycles. The van der Waals surface area contributed by atoms with Crippen LogP contribution in [0.3, 0.4) is 0 Å². The van der Waals surface area contributed by atoms with E-state index in [1.165, 1.54) is 16.7 Å². The Morgan fingerprint density at radius 1 is 1.05 bits per heavy atom. The molecule has 0 aromatic heterocycles. The molecular weight excluding hydrogens is 244 g/mol. The molecule has 0 aliphatic heterocycles. The first kappa shape index (κ1) is 12.9. The second kappa shape index (κ2) is 5.14. The normalized spacial score (nSPS) is 21.2. The second-order valence-corrected chi connectivity index (χ2v) is 5.69. The monoisotopic (exact) mass is 264 g/mol. The molecule has 0 amide bonds. The molecule has 0 saturated carbocycles. The van der Waals surface area contributed by atoms with Gasteiger partial charge in [0, 0.05) is 11.2 Å². The summed E-state index contributed by atoms with van der Waals surface area (Å²) in [5.41, 5.74) is 16.8. The minimum atomic E-state index is -0.283. The first-order valence-electron chi connectivity index (χ1n) is 7.05. The van der Waals surface area contributed by atoms with E-state index in [2.05, 4.69) is 42.5 Å². The number of hydrogen-bond donors (Lipinski definition) is 2. The maximum absolute atomic E-state index is 6.59. The minimum absolute atomic E-state index is 0.283. The molecule has 1 aliphatic rings. The smallest absolute Gasteiger partial charge is 0.0386 e. The molecule has 1 unspecified atom stereocenters. The highest BCUT2D eigenvalue weighted by Gasteiger charge is 2.24. The Morgan fingerprint density at radius 3 is 2.65 bits per heavy atom. The number of benzene rings is 2. The van der Waals surface area contributed by atoms with Gasteiger partial charge in [0.15, 0.2) is 0 Å². The Morgan fingerprint density at radius 2 is 1.85 bits per heavy atom. The second-order valence-electron chi connectivity index (χ2n) is 5.69. The molecule has 0 radical (unpaired) electrons. The van der Waals surface area contributed by atoms with Gasteiger partial charge in [-0.25, -0.2) is 0 Å². The molecule has 2 aromatic carbocycles. The van der Waals surface area contributed by atoms with Crippen molar-refractivity contribution < 1.29 is 0 Å². The van der Waals surface area contributed by atoms with Crippen LogP contribution in [-0.4, -0.2) is 5.54 Å². The summed E-state index contributed by atoms with van der Waals surface area (Å²) < 4.78 is 0. The van der Waals surface area contributed by atoms with Crippen LogP contribution in [0.4, 0.5) is 5.69 Å². The first-order chi connectivity index (χ1) is 9.65. The van der Waals surface area contributed by atoms with Crippen LogP contribution in [0.15, 0.2) is 54.6 Å².